The van der Waals surface area contributed by atoms with Gasteiger partial charge in [-0.05, 0) is 29.9 Å². The van der Waals surface area contributed by atoms with Gasteiger partial charge in [0.15, 0.2) is 0 Å². The first-order valence-corrected chi connectivity index (χ1v) is 7.38. The predicted molar refractivity (Wildman–Crippen MR) is 81.0 cm³/mol. The van der Waals surface area contributed by atoms with E-state index in [4.69, 9.17) is 0 Å². The lowest BCUT2D eigenvalue weighted by Crippen LogP contribution is -2.35. The number of benzene rings is 1. The van der Waals surface area contributed by atoms with Crippen molar-refractivity contribution in [1.29, 1.82) is 0 Å². The van der Waals surface area contributed by atoms with Crippen LogP contribution in [0.4, 0.5) is 0 Å². The zero-order chi connectivity index (χ0) is 14.4. The minimum Gasteiger partial charge on any atom is -0.349 e. The Kier molecular flexibility index (Phi) is 6.07. The molecule has 1 N–H and O–H groups in total. The summed E-state index contributed by atoms with van der Waals surface area (Å²) in [6, 6.07) is 8.69. The second-order valence-corrected chi connectivity index (χ2v) is 5.63. The summed E-state index contributed by atoms with van der Waals surface area (Å²) >= 11 is 0. The van der Waals surface area contributed by atoms with Crippen molar-refractivity contribution in [2.75, 3.05) is 0 Å². The first kappa shape index (κ1) is 15.7. The molecule has 106 valence electrons. The Morgan fingerprint density at radius 2 is 1.68 bits per heavy atom. The van der Waals surface area contributed by atoms with Crippen LogP contribution in [0.2, 0.25) is 0 Å². The third-order valence-corrected chi connectivity index (χ3v) is 3.77. The van der Waals surface area contributed by atoms with Gasteiger partial charge in [0, 0.05) is 5.92 Å². The summed E-state index contributed by atoms with van der Waals surface area (Å²) in [5.74, 6) is 0.623. The van der Waals surface area contributed by atoms with E-state index in [1.54, 1.807) is 0 Å². The highest BCUT2D eigenvalue weighted by Crippen LogP contribution is 2.23. The Balaban J connectivity index is 2.84. The smallest absolute Gasteiger partial charge is 0.223 e. The van der Waals surface area contributed by atoms with Crippen molar-refractivity contribution in [3.05, 3.63) is 35.4 Å². The van der Waals surface area contributed by atoms with E-state index in [2.05, 4.69) is 50.4 Å². The Labute approximate surface area is 117 Å². The van der Waals surface area contributed by atoms with E-state index in [0.717, 1.165) is 12.8 Å². The number of hydrogen-bond donors (Lipinski definition) is 1. The van der Waals surface area contributed by atoms with Gasteiger partial charge in [-0.15, -0.1) is 0 Å². The van der Waals surface area contributed by atoms with Crippen molar-refractivity contribution >= 4 is 5.91 Å². The molecule has 2 nitrogen and oxygen atoms in total. The number of nitrogens with one attached hydrogen (secondary N) is 1. The summed E-state index contributed by atoms with van der Waals surface area (Å²) in [6.07, 6.45) is 1.93. The zero-order valence-corrected chi connectivity index (χ0v) is 12.9. The van der Waals surface area contributed by atoms with Crippen molar-refractivity contribution in [3.63, 3.8) is 0 Å². The first-order chi connectivity index (χ1) is 8.99. The van der Waals surface area contributed by atoms with Gasteiger partial charge in [0.25, 0.3) is 0 Å². The van der Waals surface area contributed by atoms with Crippen molar-refractivity contribution in [3.8, 4) is 0 Å². The maximum absolute atomic E-state index is 12.1. The van der Waals surface area contributed by atoms with Crippen molar-refractivity contribution in [2.45, 2.75) is 53.5 Å². The van der Waals surface area contributed by atoms with Crippen LogP contribution in [0, 0.1) is 11.8 Å². The molecule has 0 aliphatic heterocycles. The van der Waals surface area contributed by atoms with Gasteiger partial charge in [-0.1, -0.05) is 58.9 Å². The largest absolute Gasteiger partial charge is 0.349 e. The fourth-order valence-electron chi connectivity index (χ4n) is 2.08. The van der Waals surface area contributed by atoms with Gasteiger partial charge in [-0.2, -0.15) is 0 Å². The van der Waals surface area contributed by atoms with Crippen LogP contribution in [0.5, 0.6) is 0 Å². The van der Waals surface area contributed by atoms with E-state index >= 15 is 0 Å². The van der Waals surface area contributed by atoms with E-state index in [1.807, 2.05) is 13.8 Å². The number of aryl methyl sites for hydroxylation is 1. The molecule has 0 radical (unpaired) electrons. The van der Waals surface area contributed by atoms with E-state index in [-0.39, 0.29) is 17.9 Å². The molecule has 2 atom stereocenters. The second-order valence-electron chi connectivity index (χ2n) is 5.63. The van der Waals surface area contributed by atoms with Crippen LogP contribution in [-0.4, -0.2) is 5.91 Å². The summed E-state index contributed by atoms with van der Waals surface area (Å²) in [4.78, 5) is 12.1. The van der Waals surface area contributed by atoms with Gasteiger partial charge in [0.2, 0.25) is 5.91 Å². The summed E-state index contributed by atoms with van der Waals surface area (Å²) in [5, 5.41) is 3.18. The summed E-state index contributed by atoms with van der Waals surface area (Å²) in [7, 11) is 0. The minimum absolute atomic E-state index is 0.0798. The van der Waals surface area contributed by atoms with Crippen molar-refractivity contribution < 1.29 is 4.79 Å². The van der Waals surface area contributed by atoms with E-state index in [0.29, 0.717) is 5.92 Å². The maximum Gasteiger partial charge on any atom is 0.223 e. The van der Waals surface area contributed by atoms with E-state index < -0.39 is 0 Å². The third kappa shape index (κ3) is 4.38. The normalized spacial score (nSPS) is 14.2. The van der Waals surface area contributed by atoms with Crippen LogP contribution in [0.1, 0.15) is 58.2 Å². The summed E-state index contributed by atoms with van der Waals surface area (Å²) < 4.78 is 0. The van der Waals surface area contributed by atoms with Crippen molar-refractivity contribution in [1.82, 2.24) is 5.32 Å². The van der Waals surface area contributed by atoms with Gasteiger partial charge < -0.3 is 5.32 Å². The van der Waals surface area contributed by atoms with Gasteiger partial charge in [-0.3, -0.25) is 4.79 Å². The summed E-state index contributed by atoms with van der Waals surface area (Å²) in [6.45, 7) is 10.5. The van der Waals surface area contributed by atoms with Crippen LogP contribution < -0.4 is 5.32 Å². The average Bonchev–Trinajstić information content (AvgIpc) is 2.43. The molecule has 0 fully saturated rings. The maximum atomic E-state index is 12.1. The van der Waals surface area contributed by atoms with Crippen LogP contribution >= 0.6 is 0 Å². The van der Waals surface area contributed by atoms with Gasteiger partial charge in [0.05, 0.1) is 6.04 Å². The van der Waals surface area contributed by atoms with E-state index in [1.165, 1.54) is 11.1 Å². The lowest BCUT2D eigenvalue weighted by atomic mass is 9.94. The molecular formula is C17H27NO. The number of amides is 1. The van der Waals surface area contributed by atoms with Gasteiger partial charge in [0.1, 0.15) is 0 Å². The Bertz CT molecular complexity index is 394. The summed E-state index contributed by atoms with van der Waals surface area (Å²) in [5.41, 5.74) is 2.53. The Hall–Kier alpha value is -1.31. The first-order valence-electron chi connectivity index (χ1n) is 7.38. The molecule has 0 aliphatic rings. The predicted octanol–water partition coefficient (Wildman–Crippen LogP) is 4.11. The fraction of sp³-hybridized carbons (Fsp3) is 0.588. The molecule has 1 rings (SSSR count). The molecule has 0 bridgehead atoms. The molecule has 0 heterocycles. The van der Waals surface area contributed by atoms with Gasteiger partial charge >= 0.3 is 0 Å². The topological polar surface area (TPSA) is 29.1 Å². The average molecular weight is 261 g/mol. The molecule has 2 heteroatoms. The van der Waals surface area contributed by atoms with Crippen LogP contribution in [0.15, 0.2) is 24.3 Å². The Morgan fingerprint density at radius 1 is 1.11 bits per heavy atom. The minimum atomic E-state index is 0.0798. The number of carbonyl (C=O) groups excluding carboxylic acids is 1. The lowest BCUT2D eigenvalue weighted by Gasteiger charge is -2.24. The van der Waals surface area contributed by atoms with Gasteiger partial charge in [-0.25, -0.2) is 0 Å². The quantitative estimate of drug-likeness (QED) is 0.820. The number of carbonyl (C=O) groups is 1. The Morgan fingerprint density at radius 3 is 2.11 bits per heavy atom. The molecule has 0 saturated heterocycles. The molecule has 19 heavy (non-hydrogen) atoms. The highest BCUT2D eigenvalue weighted by molar-refractivity contribution is 5.78. The van der Waals surface area contributed by atoms with Crippen molar-refractivity contribution in [2.24, 2.45) is 11.8 Å². The van der Waals surface area contributed by atoms with E-state index in [9.17, 15) is 4.79 Å². The third-order valence-electron chi connectivity index (χ3n) is 3.77. The molecule has 2 unspecified atom stereocenters. The number of hydrogen-bond acceptors (Lipinski definition) is 1. The van der Waals surface area contributed by atoms with Crippen LogP contribution in [-0.2, 0) is 11.2 Å². The molecular weight excluding hydrogens is 234 g/mol. The molecule has 0 saturated carbocycles. The number of rotatable bonds is 6. The standard InChI is InChI=1S/C17H27NO/c1-6-13(5)17(19)18-16(12(3)4)15-10-8-14(7-2)9-11-15/h8-13,16H,6-7H2,1-5H3,(H,18,19). The molecule has 1 amide bonds. The molecule has 0 aromatic heterocycles. The highest BCUT2D eigenvalue weighted by atomic mass is 16.1. The fourth-order valence-corrected chi connectivity index (χ4v) is 2.08. The highest BCUT2D eigenvalue weighted by Gasteiger charge is 2.20. The van der Waals surface area contributed by atoms with Crippen LogP contribution in [0.3, 0.4) is 0 Å². The SMILES string of the molecule is CCc1ccc(C(NC(=O)C(C)CC)C(C)C)cc1. The van der Waals surface area contributed by atoms with Crippen LogP contribution in [0.25, 0.3) is 0 Å². The zero-order valence-electron chi connectivity index (χ0n) is 12.9. The second kappa shape index (κ2) is 7.32. The molecule has 0 spiro atoms. The molecule has 0 aliphatic carbocycles. The molecule has 1 aromatic carbocycles. The molecule has 1 aromatic rings. The monoisotopic (exact) mass is 261 g/mol. The lowest BCUT2D eigenvalue weighted by molar-refractivity contribution is -0.125.